The van der Waals surface area contributed by atoms with Crippen LogP contribution in [0.2, 0.25) is 0 Å². The number of carbonyl (C=O) groups excluding carboxylic acids is 2. The third kappa shape index (κ3) is 4.96. The van der Waals surface area contributed by atoms with E-state index in [1.165, 1.54) is 18.8 Å². The molecule has 5 aromatic rings. The Morgan fingerprint density at radius 2 is 1.64 bits per heavy atom. The lowest BCUT2D eigenvalue weighted by Gasteiger charge is -2.17. The molecule has 0 atom stereocenters. The van der Waals surface area contributed by atoms with Gasteiger partial charge in [-0.3, -0.25) is 24.6 Å². The van der Waals surface area contributed by atoms with Gasteiger partial charge in [-0.25, -0.2) is 0 Å². The van der Waals surface area contributed by atoms with Crippen LogP contribution in [0, 0.1) is 0 Å². The van der Waals surface area contributed by atoms with Gasteiger partial charge in [0.1, 0.15) is 0 Å². The first-order valence-electron chi connectivity index (χ1n) is 11.3. The molecule has 176 valence electrons. The minimum absolute atomic E-state index is 0.342. The number of hydrogen-bond acceptors (Lipinski definition) is 5. The van der Waals surface area contributed by atoms with E-state index in [-0.39, 0.29) is 11.8 Å². The maximum Gasteiger partial charge on any atom is 0.261 e. The second-order valence-electron chi connectivity index (χ2n) is 8.04. The van der Waals surface area contributed by atoms with E-state index in [0.29, 0.717) is 11.1 Å². The molecule has 0 bridgehead atoms. The molecule has 0 spiro atoms. The number of fused-ring (bicyclic) bond motifs is 1. The van der Waals surface area contributed by atoms with Crippen LogP contribution in [0.3, 0.4) is 0 Å². The number of pyridine rings is 1. The molecule has 1 N–H and O–H groups in total. The highest BCUT2D eigenvalue weighted by Gasteiger charge is 2.22. The number of imide groups is 1. The molecule has 36 heavy (non-hydrogen) atoms. The number of carbonyl (C=O) groups is 2. The van der Waals surface area contributed by atoms with E-state index in [0.717, 1.165) is 37.0 Å². The number of nitrogens with one attached hydrogen (secondary N) is 1. The second-order valence-corrected chi connectivity index (χ2v) is 9.15. The summed E-state index contributed by atoms with van der Waals surface area (Å²) >= 11 is 1.47. The standard InChI is InChI=1S/C29H22N4O2S/c1-33(28(34)20-9-3-2-4-10-20)29(35)24-12-5-6-13-27(24)36-22-15-16-23-25(31-32-26(23)19-22)17-14-21-11-7-8-18-30-21/h2-19H,1H3,(H,31,32)/b17-14+. The highest BCUT2D eigenvalue weighted by Crippen LogP contribution is 2.33. The van der Waals surface area contributed by atoms with Crippen molar-refractivity contribution in [3.8, 4) is 0 Å². The van der Waals surface area contributed by atoms with Crippen molar-refractivity contribution in [2.75, 3.05) is 7.05 Å². The quantitative estimate of drug-likeness (QED) is 0.287. The third-order valence-corrected chi connectivity index (χ3v) is 6.70. The predicted molar refractivity (Wildman–Crippen MR) is 143 cm³/mol. The summed E-state index contributed by atoms with van der Waals surface area (Å²) in [6, 6.07) is 27.9. The first kappa shape index (κ1) is 23.3. The Morgan fingerprint density at radius 1 is 0.861 bits per heavy atom. The number of amides is 2. The van der Waals surface area contributed by atoms with Crippen LogP contribution in [-0.4, -0.2) is 38.9 Å². The molecule has 0 saturated carbocycles. The molecule has 0 aliphatic carbocycles. The zero-order chi connectivity index (χ0) is 24.9. The van der Waals surface area contributed by atoms with E-state index in [2.05, 4.69) is 15.2 Å². The fraction of sp³-hybridized carbons (Fsp3) is 0.0345. The molecule has 0 aliphatic rings. The number of H-pyrrole nitrogens is 1. The van der Waals surface area contributed by atoms with Gasteiger partial charge in [-0.05, 0) is 66.7 Å². The van der Waals surface area contributed by atoms with Crippen LogP contribution < -0.4 is 0 Å². The Labute approximate surface area is 212 Å². The van der Waals surface area contributed by atoms with Crippen LogP contribution in [0.1, 0.15) is 32.1 Å². The zero-order valence-electron chi connectivity index (χ0n) is 19.5. The molecule has 2 amide bonds. The van der Waals surface area contributed by atoms with E-state index in [1.54, 1.807) is 42.6 Å². The summed E-state index contributed by atoms with van der Waals surface area (Å²) in [5.74, 6) is -0.693. The second kappa shape index (κ2) is 10.4. The molecule has 0 unspecified atom stereocenters. The largest absolute Gasteiger partial charge is 0.277 e. The van der Waals surface area contributed by atoms with Gasteiger partial charge in [0.05, 0.1) is 22.5 Å². The van der Waals surface area contributed by atoms with Gasteiger partial charge in [-0.15, -0.1) is 0 Å². The molecule has 7 heteroatoms. The SMILES string of the molecule is CN(C(=O)c1ccccc1)C(=O)c1ccccc1Sc1ccc2c(/C=C/c3ccccn3)n[nH]c2c1. The fourth-order valence-electron chi connectivity index (χ4n) is 3.76. The van der Waals surface area contributed by atoms with Gasteiger partial charge < -0.3 is 0 Å². The molecule has 2 heterocycles. The highest BCUT2D eigenvalue weighted by atomic mass is 32.2. The summed E-state index contributed by atoms with van der Waals surface area (Å²) < 4.78 is 0. The highest BCUT2D eigenvalue weighted by molar-refractivity contribution is 7.99. The molecule has 0 aliphatic heterocycles. The van der Waals surface area contributed by atoms with E-state index in [9.17, 15) is 9.59 Å². The van der Waals surface area contributed by atoms with E-state index >= 15 is 0 Å². The van der Waals surface area contributed by atoms with Crippen molar-refractivity contribution in [1.82, 2.24) is 20.1 Å². The number of nitrogens with zero attached hydrogens (tertiary/aromatic N) is 3. The minimum Gasteiger partial charge on any atom is -0.277 e. The van der Waals surface area contributed by atoms with Gasteiger partial charge in [0, 0.05) is 34.0 Å². The number of benzene rings is 3. The van der Waals surface area contributed by atoms with Gasteiger partial charge in [0.2, 0.25) is 0 Å². The predicted octanol–water partition coefficient (Wildman–Crippen LogP) is 6.19. The van der Waals surface area contributed by atoms with Crippen molar-refractivity contribution in [3.05, 3.63) is 120 Å². The Kier molecular flexibility index (Phi) is 6.73. The summed E-state index contributed by atoms with van der Waals surface area (Å²) in [7, 11) is 1.51. The zero-order valence-corrected chi connectivity index (χ0v) is 20.3. The van der Waals surface area contributed by atoms with Crippen LogP contribution in [0.4, 0.5) is 0 Å². The lowest BCUT2D eigenvalue weighted by molar-refractivity contribution is 0.0654. The van der Waals surface area contributed by atoms with Crippen LogP contribution in [-0.2, 0) is 0 Å². The molecule has 0 saturated heterocycles. The van der Waals surface area contributed by atoms with Gasteiger partial charge in [-0.2, -0.15) is 5.10 Å². The maximum atomic E-state index is 13.2. The van der Waals surface area contributed by atoms with E-state index in [1.807, 2.05) is 66.7 Å². The lowest BCUT2D eigenvalue weighted by Crippen LogP contribution is -2.33. The Morgan fingerprint density at radius 3 is 2.44 bits per heavy atom. The minimum atomic E-state index is -0.350. The third-order valence-electron chi connectivity index (χ3n) is 5.64. The average Bonchev–Trinajstić information content (AvgIpc) is 3.34. The monoisotopic (exact) mass is 490 g/mol. The smallest absolute Gasteiger partial charge is 0.261 e. The van der Waals surface area contributed by atoms with Crippen LogP contribution in [0.25, 0.3) is 23.1 Å². The molecule has 2 aromatic heterocycles. The molecule has 3 aromatic carbocycles. The summed E-state index contributed by atoms with van der Waals surface area (Å²) in [4.78, 5) is 33.2. The van der Waals surface area contributed by atoms with Crippen LogP contribution in [0.15, 0.2) is 107 Å². The maximum absolute atomic E-state index is 13.2. The number of aromatic nitrogens is 3. The molecule has 0 fully saturated rings. The molecule has 0 radical (unpaired) electrons. The van der Waals surface area contributed by atoms with Crippen LogP contribution >= 0.6 is 11.8 Å². The van der Waals surface area contributed by atoms with E-state index < -0.39 is 0 Å². The topological polar surface area (TPSA) is 79.0 Å². The van der Waals surface area contributed by atoms with Crippen molar-refractivity contribution in [1.29, 1.82) is 0 Å². The van der Waals surface area contributed by atoms with Gasteiger partial charge in [-0.1, -0.05) is 48.2 Å². The summed E-state index contributed by atoms with van der Waals surface area (Å²) in [5, 5.41) is 8.50. The van der Waals surface area contributed by atoms with Crippen molar-refractivity contribution in [3.63, 3.8) is 0 Å². The van der Waals surface area contributed by atoms with E-state index in [4.69, 9.17) is 0 Å². The summed E-state index contributed by atoms with van der Waals surface area (Å²) in [6.07, 6.45) is 5.61. The lowest BCUT2D eigenvalue weighted by atomic mass is 10.1. The summed E-state index contributed by atoms with van der Waals surface area (Å²) in [6.45, 7) is 0. The van der Waals surface area contributed by atoms with Crippen molar-refractivity contribution in [2.45, 2.75) is 9.79 Å². The number of aromatic amines is 1. The normalized spacial score (nSPS) is 11.1. The number of rotatable bonds is 6. The van der Waals surface area contributed by atoms with Crippen LogP contribution in [0.5, 0.6) is 0 Å². The van der Waals surface area contributed by atoms with Crippen molar-refractivity contribution in [2.24, 2.45) is 0 Å². The first-order valence-corrected chi connectivity index (χ1v) is 12.1. The summed E-state index contributed by atoms with van der Waals surface area (Å²) in [5.41, 5.74) is 3.51. The van der Waals surface area contributed by atoms with Crippen molar-refractivity contribution >= 4 is 46.6 Å². The number of hydrogen-bond donors (Lipinski definition) is 1. The molecular weight excluding hydrogens is 468 g/mol. The molecular formula is C29H22N4O2S. The average molecular weight is 491 g/mol. The fourth-order valence-corrected chi connectivity index (χ4v) is 4.73. The van der Waals surface area contributed by atoms with Gasteiger partial charge in [0.25, 0.3) is 11.8 Å². The molecule has 5 rings (SSSR count). The Balaban J connectivity index is 1.37. The Bertz CT molecular complexity index is 1560. The van der Waals surface area contributed by atoms with Gasteiger partial charge >= 0.3 is 0 Å². The molecule has 6 nitrogen and oxygen atoms in total. The van der Waals surface area contributed by atoms with Crippen molar-refractivity contribution < 1.29 is 9.59 Å². The van der Waals surface area contributed by atoms with Gasteiger partial charge in [0.15, 0.2) is 0 Å². The first-order chi connectivity index (χ1) is 17.6. The Hall–Kier alpha value is -4.49.